The van der Waals surface area contributed by atoms with Gasteiger partial charge in [0.25, 0.3) is 0 Å². The number of nitrogens with one attached hydrogen (secondary N) is 1. The average molecular weight is 434 g/mol. The highest BCUT2D eigenvalue weighted by Gasteiger charge is 2.50. The van der Waals surface area contributed by atoms with Crippen molar-refractivity contribution in [1.82, 2.24) is 0 Å². The van der Waals surface area contributed by atoms with Crippen LogP contribution in [0.4, 0.5) is 15.8 Å². The lowest BCUT2D eigenvalue weighted by Gasteiger charge is -2.50. The van der Waals surface area contributed by atoms with E-state index < -0.39 is 0 Å². The van der Waals surface area contributed by atoms with Crippen LogP contribution < -0.4 is 10.2 Å². The molecule has 3 aliphatic rings. The molecule has 172 valence electrons. The molecule has 1 aliphatic carbocycles. The summed E-state index contributed by atoms with van der Waals surface area (Å²) in [6.07, 6.45) is 5.69. The van der Waals surface area contributed by atoms with Crippen LogP contribution in [0.1, 0.15) is 58.8 Å². The van der Waals surface area contributed by atoms with Crippen LogP contribution in [0.5, 0.6) is 0 Å². The zero-order valence-corrected chi connectivity index (χ0v) is 18.8. The van der Waals surface area contributed by atoms with Crippen LogP contribution in [-0.2, 0) is 4.79 Å². The maximum absolute atomic E-state index is 15.0. The molecule has 2 saturated heterocycles. The van der Waals surface area contributed by atoms with Gasteiger partial charge in [-0.2, -0.15) is 0 Å². The monoisotopic (exact) mass is 433 g/mol. The lowest BCUT2D eigenvalue weighted by atomic mass is 9.79. The summed E-state index contributed by atoms with van der Waals surface area (Å²) >= 11 is 0. The van der Waals surface area contributed by atoms with Crippen LogP contribution in [-0.4, -0.2) is 54.0 Å². The Morgan fingerprint density at radius 1 is 1.29 bits per heavy atom. The highest BCUT2D eigenvalue weighted by atomic mass is 19.1. The second kappa shape index (κ2) is 8.68. The van der Waals surface area contributed by atoms with Gasteiger partial charge in [0.2, 0.25) is 5.91 Å². The van der Waals surface area contributed by atoms with E-state index in [0.717, 1.165) is 51.5 Å². The largest absolute Gasteiger partial charge is 0.633 e. The molecule has 31 heavy (non-hydrogen) atoms. The number of nitrogens with zero attached hydrogens (tertiary/aromatic N) is 2. The Bertz CT molecular complexity index is 811. The van der Waals surface area contributed by atoms with Gasteiger partial charge in [-0.3, -0.25) is 4.79 Å². The number of hydrogen-bond donors (Lipinski definition) is 2. The van der Waals surface area contributed by atoms with E-state index in [0.29, 0.717) is 31.0 Å². The summed E-state index contributed by atoms with van der Waals surface area (Å²) in [4.78, 5) is 14.0. The van der Waals surface area contributed by atoms with Crippen molar-refractivity contribution < 1.29 is 18.9 Å². The van der Waals surface area contributed by atoms with Crippen molar-refractivity contribution in [2.45, 2.75) is 70.9 Å². The van der Waals surface area contributed by atoms with Crippen LogP contribution in [0, 0.1) is 22.4 Å². The third-order valence-corrected chi connectivity index (χ3v) is 7.70. The van der Waals surface area contributed by atoms with E-state index in [1.807, 2.05) is 0 Å². The molecule has 7 heteroatoms. The molecular formula is C24H36FN3O3. The van der Waals surface area contributed by atoms with Gasteiger partial charge in [0.05, 0.1) is 30.9 Å². The number of hydroxylamine groups is 3. The molecule has 1 unspecified atom stereocenters. The number of rotatable bonds is 4. The Morgan fingerprint density at radius 3 is 2.71 bits per heavy atom. The highest BCUT2D eigenvalue weighted by molar-refractivity contribution is 5.92. The maximum atomic E-state index is 15.0. The van der Waals surface area contributed by atoms with Gasteiger partial charge >= 0.3 is 0 Å². The minimum Gasteiger partial charge on any atom is -0.633 e. The topological polar surface area (TPSA) is 75.6 Å². The fraction of sp³-hybridized carbons (Fsp3) is 0.708. The molecular weight excluding hydrogens is 397 g/mol. The lowest BCUT2D eigenvalue weighted by molar-refractivity contribution is -0.898. The summed E-state index contributed by atoms with van der Waals surface area (Å²) in [5.74, 6) is -0.625. The molecule has 3 fully saturated rings. The number of carbonyl (C=O) groups excluding carboxylic acids is 1. The van der Waals surface area contributed by atoms with Crippen molar-refractivity contribution in [3.8, 4) is 0 Å². The van der Waals surface area contributed by atoms with Crippen molar-refractivity contribution >= 4 is 17.3 Å². The van der Waals surface area contributed by atoms with E-state index in [9.17, 15) is 19.5 Å². The number of hydrogen-bond acceptors (Lipinski definition) is 4. The molecule has 4 rings (SSSR count). The second-order valence-corrected chi connectivity index (χ2v) is 10.4. The predicted octanol–water partition coefficient (Wildman–Crippen LogP) is 4.03. The third kappa shape index (κ3) is 4.73. The molecule has 0 aromatic heterocycles. The summed E-state index contributed by atoms with van der Waals surface area (Å²) in [6.45, 7) is 6.34. The van der Waals surface area contributed by atoms with Crippen LogP contribution in [0.2, 0.25) is 0 Å². The summed E-state index contributed by atoms with van der Waals surface area (Å²) in [5, 5.41) is 26.2. The van der Waals surface area contributed by atoms with Gasteiger partial charge in [0.15, 0.2) is 0 Å². The molecule has 1 aromatic carbocycles. The first-order chi connectivity index (χ1) is 14.7. The van der Waals surface area contributed by atoms with Gasteiger partial charge in [0.1, 0.15) is 5.82 Å². The summed E-state index contributed by atoms with van der Waals surface area (Å²) in [7, 11) is 0. The number of quaternary nitrogens is 1. The molecule has 2 aliphatic heterocycles. The molecule has 1 amide bonds. The minimum atomic E-state index is -0.333. The molecule has 0 bridgehead atoms. The average Bonchev–Trinajstić information content (AvgIpc) is 3.05. The molecule has 2 N–H and O–H groups in total. The number of amides is 1. The van der Waals surface area contributed by atoms with Gasteiger partial charge in [-0.15, -0.1) is 0 Å². The van der Waals surface area contributed by atoms with Crippen LogP contribution >= 0.6 is 0 Å². The smallest absolute Gasteiger partial charge is 0.226 e. The molecule has 1 spiro atoms. The first kappa shape index (κ1) is 22.5. The zero-order valence-electron chi connectivity index (χ0n) is 18.8. The summed E-state index contributed by atoms with van der Waals surface area (Å²) in [5.41, 5.74) is 0.966. The van der Waals surface area contributed by atoms with E-state index in [1.165, 1.54) is 6.07 Å². The number of anilines is 2. The second-order valence-electron chi connectivity index (χ2n) is 10.4. The first-order valence-corrected chi connectivity index (χ1v) is 11.8. The molecule has 1 saturated carbocycles. The Labute approximate surface area is 184 Å². The Balaban J connectivity index is 1.45. The first-order valence-electron chi connectivity index (χ1n) is 11.8. The zero-order chi connectivity index (χ0) is 22.2. The molecule has 1 aromatic rings. The quantitative estimate of drug-likeness (QED) is 0.555. The van der Waals surface area contributed by atoms with E-state index in [2.05, 4.69) is 10.2 Å². The Kier molecular flexibility index (Phi) is 6.30. The van der Waals surface area contributed by atoms with Crippen LogP contribution in [0.15, 0.2) is 18.2 Å². The van der Waals surface area contributed by atoms with E-state index in [-0.39, 0.29) is 39.8 Å². The Morgan fingerprint density at radius 2 is 2.03 bits per heavy atom. The summed E-state index contributed by atoms with van der Waals surface area (Å²) in [6, 6.07) is 5.00. The summed E-state index contributed by atoms with van der Waals surface area (Å²) < 4.78 is 14.8. The highest BCUT2D eigenvalue weighted by Crippen LogP contribution is 2.46. The van der Waals surface area contributed by atoms with Gasteiger partial charge < -0.3 is 25.2 Å². The molecule has 2 heterocycles. The van der Waals surface area contributed by atoms with Crippen molar-refractivity contribution in [3.63, 3.8) is 0 Å². The Hall–Kier alpha value is -1.70. The van der Waals surface area contributed by atoms with Gasteiger partial charge in [-0.1, -0.05) is 13.8 Å². The van der Waals surface area contributed by atoms with E-state index in [1.54, 1.807) is 26.0 Å². The number of benzene rings is 1. The molecule has 6 nitrogen and oxygen atoms in total. The SMILES string of the molecule is CC(C)C(=O)Nc1ccc(N2CCC[C@@]3(CC[N+]([O-])(C4CCC(O)CC4)C3)C2)c(F)c1. The normalized spacial score (nSPS) is 33.8. The fourth-order valence-corrected chi connectivity index (χ4v) is 5.87. The van der Waals surface area contributed by atoms with Crippen molar-refractivity contribution in [2.24, 2.45) is 11.3 Å². The number of piperidine rings is 1. The third-order valence-electron chi connectivity index (χ3n) is 7.70. The van der Waals surface area contributed by atoms with Crippen molar-refractivity contribution in [2.75, 3.05) is 36.4 Å². The number of likely N-dealkylation sites (tertiary alicyclic amines) is 1. The van der Waals surface area contributed by atoms with E-state index >= 15 is 0 Å². The fourth-order valence-electron chi connectivity index (χ4n) is 5.87. The van der Waals surface area contributed by atoms with Crippen LogP contribution in [0.25, 0.3) is 0 Å². The van der Waals surface area contributed by atoms with E-state index in [4.69, 9.17) is 0 Å². The molecule has 0 radical (unpaired) electrons. The van der Waals surface area contributed by atoms with Crippen LogP contribution in [0.3, 0.4) is 0 Å². The predicted molar refractivity (Wildman–Crippen MR) is 120 cm³/mol. The van der Waals surface area contributed by atoms with Gasteiger partial charge in [0, 0.05) is 49.4 Å². The standard InChI is InChI=1S/C24H36FN3O3/c1-17(2)23(30)26-18-4-9-22(21(25)14-18)27-12-3-10-24(15-27)11-13-28(31,16-24)19-5-7-20(29)8-6-19/h4,9,14,17,19-20,29H,3,5-8,10-13,15-16H2,1-2H3,(H,26,30)/t19?,20?,24-,28?/m1/s1. The van der Waals surface area contributed by atoms with Crippen molar-refractivity contribution in [3.05, 3.63) is 29.2 Å². The lowest BCUT2D eigenvalue weighted by Crippen LogP contribution is -2.54. The number of aliphatic hydroxyl groups is 1. The maximum Gasteiger partial charge on any atom is 0.226 e. The minimum absolute atomic E-state index is 0.0625. The number of aliphatic hydroxyl groups excluding tert-OH is 1. The van der Waals surface area contributed by atoms with Gasteiger partial charge in [-0.25, -0.2) is 4.39 Å². The molecule has 2 atom stereocenters. The van der Waals surface area contributed by atoms with Gasteiger partial charge in [-0.05, 0) is 43.9 Å². The van der Waals surface area contributed by atoms with Crippen molar-refractivity contribution in [1.29, 1.82) is 0 Å². The number of carbonyl (C=O) groups is 1. The number of halogens is 1.